The monoisotopic (exact) mass is 465 g/mol. The summed E-state index contributed by atoms with van der Waals surface area (Å²) in [6.07, 6.45) is -0.847. The van der Waals surface area contributed by atoms with Crippen molar-refractivity contribution in [2.45, 2.75) is 23.0 Å². The molecule has 2 N–H and O–H groups in total. The molecule has 3 nitrogen and oxygen atoms in total. The topological polar surface area (TPSA) is 33.5 Å². The summed E-state index contributed by atoms with van der Waals surface area (Å²) in [5.41, 5.74) is 2.37. The minimum atomic E-state index is -1.77. The summed E-state index contributed by atoms with van der Waals surface area (Å²) in [6, 6.07) is 24.8. The molecule has 0 unspecified atom stereocenters. The summed E-state index contributed by atoms with van der Waals surface area (Å²) < 4.78 is 11.4. The highest BCUT2D eigenvalue weighted by Crippen LogP contribution is 2.28. The summed E-state index contributed by atoms with van der Waals surface area (Å²) in [5, 5.41) is 2.84. The molecule has 1 atom stereocenters. The summed E-state index contributed by atoms with van der Waals surface area (Å²) in [7, 11) is 0. The number of hydrogen-bond donors (Lipinski definition) is 2. The lowest BCUT2D eigenvalue weighted by Crippen LogP contribution is -3.17. The first-order chi connectivity index (χ1) is 14.3. The van der Waals surface area contributed by atoms with E-state index in [1.54, 1.807) is 0 Å². The number of amides is 1. The first-order valence-corrected chi connectivity index (χ1v) is 10.5. The van der Waals surface area contributed by atoms with Crippen molar-refractivity contribution in [2.75, 3.05) is 0 Å². The Balaban J connectivity index is 1.89. The minimum absolute atomic E-state index is 0.287. The zero-order chi connectivity index (χ0) is 21.6. The predicted octanol–water partition coefficient (Wildman–Crippen LogP) is 4.54. The van der Waals surface area contributed by atoms with Gasteiger partial charge in [0.15, 0.2) is 0 Å². The third kappa shape index (κ3) is 6.44. The van der Waals surface area contributed by atoms with Crippen molar-refractivity contribution in [1.82, 2.24) is 5.32 Å². The van der Waals surface area contributed by atoms with Crippen molar-refractivity contribution in [3.05, 3.63) is 107 Å². The van der Waals surface area contributed by atoms with Gasteiger partial charge in [0.05, 0.1) is 0 Å². The number of alkyl halides is 3. The maximum atomic E-state index is 13.2. The molecule has 0 fully saturated rings. The number of hydrogen-bond acceptors (Lipinski definition) is 1. The Hall–Kier alpha value is -2.11. The molecule has 3 rings (SSSR count). The number of quaternary nitrogens is 1. The maximum Gasteiger partial charge on any atom is 0.262 e. The summed E-state index contributed by atoms with van der Waals surface area (Å²) >= 11 is 19.0. The van der Waals surface area contributed by atoms with Crippen molar-refractivity contribution in [3.63, 3.8) is 0 Å². The van der Waals surface area contributed by atoms with Crippen molar-refractivity contribution in [1.29, 1.82) is 0 Å². The van der Waals surface area contributed by atoms with Crippen LogP contribution < -0.4 is 10.2 Å². The molecule has 0 aliphatic rings. The van der Waals surface area contributed by atoms with E-state index >= 15 is 0 Å². The molecule has 3 aromatic carbocycles. The van der Waals surface area contributed by atoms with Gasteiger partial charge in [0.1, 0.15) is 18.9 Å². The Bertz CT molecular complexity index is 906. The van der Waals surface area contributed by atoms with E-state index in [0.29, 0.717) is 13.1 Å². The van der Waals surface area contributed by atoms with Crippen LogP contribution in [0.3, 0.4) is 0 Å². The third-order valence-corrected chi connectivity index (χ3v) is 5.32. The van der Waals surface area contributed by atoms with E-state index in [2.05, 4.69) is 5.32 Å². The minimum Gasteiger partial charge on any atom is -0.304 e. The molecule has 0 aliphatic heterocycles. The molecule has 0 bridgehead atoms. The van der Waals surface area contributed by atoms with Gasteiger partial charge in [0.2, 0.25) is 6.17 Å². The van der Waals surface area contributed by atoms with Crippen LogP contribution in [0.4, 0.5) is 4.39 Å². The highest BCUT2D eigenvalue weighted by Gasteiger charge is 2.42. The Kier molecular flexibility index (Phi) is 7.73. The van der Waals surface area contributed by atoms with E-state index in [-0.39, 0.29) is 5.56 Å². The van der Waals surface area contributed by atoms with Crippen LogP contribution in [0.15, 0.2) is 84.9 Å². The first kappa shape index (κ1) is 22.6. The molecule has 156 valence electrons. The van der Waals surface area contributed by atoms with E-state index in [4.69, 9.17) is 34.8 Å². The summed E-state index contributed by atoms with van der Waals surface area (Å²) in [6.45, 7) is 1.05. The van der Waals surface area contributed by atoms with Crippen LogP contribution in [0.25, 0.3) is 0 Å². The van der Waals surface area contributed by atoms with Gasteiger partial charge in [0, 0.05) is 16.7 Å². The van der Waals surface area contributed by atoms with Gasteiger partial charge in [-0.3, -0.25) is 10.1 Å². The molecule has 7 heteroatoms. The van der Waals surface area contributed by atoms with Gasteiger partial charge in [-0.05, 0) is 24.3 Å². The Morgan fingerprint density at radius 2 is 1.30 bits per heavy atom. The van der Waals surface area contributed by atoms with E-state index in [9.17, 15) is 9.18 Å². The second-order valence-corrected chi connectivity index (χ2v) is 9.31. The highest BCUT2D eigenvalue weighted by molar-refractivity contribution is 6.68. The average Bonchev–Trinajstić information content (AvgIpc) is 2.72. The van der Waals surface area contributed by atoms with Crippen LogP contribution in [0, 0.1) is 5.82 Å². The second kappa shape index (κ2) is 10.3. The van der Waals surface area contributed by atoms with Gasteiger partial charge in [-0.15, -0.1) is 0 Å². The van der Waals surface area contributed by atoms with Gasteiger partial charge < -0.3 is 4.90 Å². The van der Waals surface area contributed by atoms with Crippen LogP contribution in [-0.4, -0.2) is 15.9 Å². The van der Waals surface area contributed by atoms with E-state index in [1.807, 2.05) is 60.7 Å². The van der Waals surface area contributed by atoms with Crippen LogP contribution in [0.5, 0.6) is 0 Å². The molecule has 0 heterocycles. The third-order valence-electron chi connectivity index (χ3n) is 4.67. The zero-order valence-electron chi connectivity index (χ0n) is 16.0. The fraction of sp³-hybridized carbons (Fsp3) is 0.174. The smallest absolute Gasteiger partial charge is 0.262 e. The molecular weight excluding hydrogens is 446 g/mol. The van der Waals surface area contributed by atoms with Crippen molar-refractivity contribution in [3.8, 4) is 0 Å². The van der Waals surface area contributed by atoms with Crippen molar-refractivity contribution in [2.24, 2.45) is 0 Å². The fourth-order valence-corrected chi connectivity index (χ4v) is 3.84. The van der Waals surface area contributed by atoms with Crippen molar-refractivity contribution >= 4 is 40.7 Å². The Morgan fingerprint density at radius 1 is 0.833 bits per heavy atom. The highest BCUT2D eigenvalue weighted by atomic mass is 35.6. The lowest BCUT2D eigenvalue weighted by atomic mass is 10.1. The van der Waals surface area contributed by atoms with Gasteiger partial charge in [0.25, 0.3) is 9.70 Å². The Labute approximate surface area is 190 Å². The van der Waals surface area contributed by atoms with E-state index in [0.717, 1.165) is 16.0 Å². The van der Waals surface area contributed by atoms with Crippen LogP contribution in [-0.2, 0) is 13.1 Å². The molecular formula is C23H21Cl3FN2O+. The van der Waals surface area contributed by atoms with Crippen LogP contribution in [0.2, 0.25) is 0 Å². The van der Waals surface area contributed by atoms with Crippen LogP contribution in [0.1, 0.15) is 21.5 Å². The van der Waals surface area contributed by atoms with Gasteiger partial charge >= 0.3 is 0 Å². The quantitative estimate of drug-likeness (QED) is 0.389. The lowest BCUT2D eigenvalue weighted by Gasteiger charge is -2.33. The second-order valence-electron chi connectivity index (χ2n) is 6.94. The number of carbonyl (C=O) groups excluding carboxylic acids is 1. The number of halogens is 4. The largest absolute Gasteiger partial charge is 0.304 e. The van der Waals surface area contributed by atoms with E-state index in [1.165, 1.54) is 24.3 Å². The molecule has 0 spiro atoms. The molecule has 3 aromatic rings. The zero-order valence-corrected chi connectivity index (χ0v) is 18.3. The van der Waals surface area contributed by atoms with Gasteiger partial charge in [-0.2, -0.15) is 0 Å². The molecule has 30 heavy (non-hydrogen) atoms. The summed E-state index contributed by atoms with van der Waals surface area (Å²) in [5.74, 6) is -0.866. The van der Waals surface area contributed by atoms with Gasteiger partial charge in [-0.1, -0.05) is 95.5 Å². The molecule has 1 amide bonds. The van der Waals surface area contributed by atoms with Crippen LogP contribution >= 0.6 is 34.8 Å². The molecule has 0 radical (unpaired) electrons. The Morgan fingerprint density at radius 3 is 1.73 bits per heavy atom. The van der Waals surface area contributed by atoms with Gasteiger partial charge in [-0.25, -0.2) is 4.39 Å². The first-order valence-electron chi connectivity index (χ1n) is 9.38. The molecule has 0 aromatic heterocycles. The number of nitrogens with one attached hydrogen (secondary N) is 2. The average molecular weight is 467 g/mol. The molecule has 0 aliphatic carbocycles. The fourth-order valence-electron chi connectivity index (χ4n) is 3.21. The predicted molar refractivity (Wildman–Crippen MR) is 119 cm³/mol. The number of benzene rings is 3. The number of carbonyl (C=O) groups is 1. The molecule has 0 saturated heterocycles. The van der Waals surface area contributed by atoms with Crippen molar-refractivity contribution < 1.29 is 14.1 Å². The lowest BCUT2D eigenvalue weighted by molar-refractivity contribution is -0.953. The SMILES string of the molecule is O=C(N[C@@H]([NH+](Cc1ccccc1)Cc1ccccc1)C(Cl)(Cl)Cl)c1ccc(F)cc1. The normalized spacial score (nSPS) is 12.6. The molecule has 0 saturated carbocycles. The standard InChI is InChI=1S/C23H20Cl3FN2O/c24-23(25,26)22(28-21(30)19-11-13-20(27)14-12-19)29(15-17-7-3-1-4-8-17)16-18-9-5-2-6-10-18/h1-14,22H,15-16H2,(H,28,30)/p+1/t22-/m0/s1. The summed E-state index contributed by atoms with van der Waals surface area (Å²) in [4.78, 5) is 13.6. The maximum absolute atomic E-state index is 13.2. The van der Waals surface area contributed by atoms with E-state index < -0.39 is 21.7 Å². The number of rotatable bonds is 7.